The van der Waals surface area contributed by atoms with Gasteiger partial charge in [-0.15, -0.1) is 0 Å². The Morgan fingerprint density at radius 3 is 2.59 bits per heavy atom. The summed E-state index contributed by atoms with van der Waals surface area (Å²) >= 11 is 6.43. The molecule has 0 fully saturated rings. The first-order valence-corrected chi connectivity index (χ1v) is 9.98. The summed E-state index contributed by atoms with van der Waals surface area (Å²) in [6.07, 6.45) is 0. The van der Waals surface area contributed by atoms with Crippen LogP contribution in [0.3, 0.4) is 0 Å². The number of carbonyl (C=O) groups excluding carboxylic acids is 1. The number of para-hydroxylation sites is 1. The van der Waals surface area contributed by atoms with Gasteiger partial charge < -0.3 is 14.3 Å². The van der Waals surface area contributed by atoms with Crippen LogP contribution in [0.4, 0.5) is 0 Å². The van der Waals surface area contributed by atoms with E-state index in [9.17, 15) is 4.79 Å². The minimum atomic E-state index is -0.318. The van der Waals surface area contributed by atoms with E-state index in [4.69, 9.17) is 16.3 Å². The third kappa shape index (κ3) is 2.88. The summed E-state index contributed by atoms with van der Waals surface area (Å²) < 4.78 is 7.37. The molecule has 1 N–H and O–H groups in total. The predicted octanol–water partition coefficient (Wildman–Crippen LogP) is 6.15. The third-order valence-electron chi connectivity index (χ3n) is 5.28. The molecule has 0 aliphatic rings. The molecule has 0 unspecified atom stereocenters. The van der Waals surface area contributed by atoms with Gasteiger partial charge in [-0.1, -0.05) is 66.2 Å². The van der Waals surface area contributed by atoms with Gasteiger partial charge in [0.05, 0.1) is 28.2 Å². The normalized spacial score (nSPS) is 11.5. The van der Waals surface area contributed by atoms with Crippen molar-refractivity contribution in [1.82, 2.24) is 9.55 Å². The standard InChI is InChI=1S/C24H19ClN2O2/c1-2-29-24(28)20-13-16-11-12-18-17-9-6-10-19(25)21(17)26-22(18)23(16)27(20)14-15-7-4-3-5-8-15/h3-13,26H,2,14H2,1H3. The van der Waals surface area contributed by atoms with Crippen LogP contribution >= 0.6 is 11.6 Å². The fourth-order valence-electron chi connectivity index (χ4n) is 4.02. The van der Waals surface area contributed by atoms with E-state index in [0.29, 0.717) is 23.9 Å². The fourth-order valence-corrected chi connectivity index (χ4v) is 4.24. The van der Waals surface area contributed by atoms with Gasteiger partial charge in [0.2, 0.25) is 0 Å². The van der Waals surface area contributed by atoms with Gasteiger partial charge in [-0.3, -0.25) is 0 Å². The number of ether oxygens (including phenoxy) is 1. The van der Waals surface area contributed by atoms with Crippen LogP contribution in [0.1, 0.15) is 23.0 Å². The molecule has 0 saturated carbocycles. The van der Waals surface area contributed by atoms with Crippen LogP contribution in [0.5, 0.6) is 0 Å². The Balaban J connectivity index is 1.84. The highest BCUT2D eigenvalue weighted by Gasteiger charge is 2.20. The number of rotatable bonds is 4. The summed E-state index contributed by atoms with van der Waals surface area (Å²) in [5.74, 6) is -0.318. The van der Waals surface area contributed by atoms with Crippen molar-refractivity contribution in [3.05, 3.63) is 83.0 Å². The highest BCUT2D eigenvalue weighted by atomic mass is 35.5. The summed E-state index contributed by atoms with van der Waals surface area (Å²) in [7, 11) is 0. The van der Waals surface area contributed by atoms with E-state index in [-0.39, 0.29) is 5.97 Å². The van der Waals surface area contributed by atoms with Crippen molar-refractivity contribution in [1.29, 1.82) is 0 Å². The lowest BCUT2D eigenvalue weighted by Gasteiger charge is -2.11. The lowest BCUT2D eigenvalue weighted by Crippen LogP contribution is -2.13. The second kappa shape index (κ2) is 6.98. The number of nitrogens with zero attached hydrogens (tertiary/aromatic N) is 1. The first-order chi connectivity index (χ1) is 14.2. The summed E-state index contributed by atoms with van der Waals surface area (Å²) in [5.41, 5.74) is 4.50. The summed E-state index contributed by atoms with van der Waals surface area (Å²) in [5, 5.41) is 3.81. The second-order valence-electron chi connectivity index (χ2n) is 7.04. The van der Waals surface area contributed by atoms with Crippen molar-refractivity contribution in [3.63, 3.8) is 0 Å². The zero-order valence-corrected chi connectivity index (χ0v) is 16.7. The first kappa shape index (κ1) is 17.8. The van der Waals surface area contributed by atoms with Gasteiger partial charge in [0.25, 0.3) is 0 Å². The monoisotopic (exact) mass is 402 g/mol. The molecule has 0 aliphatic carbocycles. The van der Waals surface area contributed by atoms with Gasteiger partial charge in [-0.2, -0.15) is 0 Å². The minimum Gasteiger partial charge on any atom is -0.461 e. The van der Waals surface area contributed by atoms with E-state index < -0.39 is 0 Å². The molecule has 0 saturated heterocycles. The summed E-state index contributed by atoms with van der Waals surface area (Å²) in [6.45, 7) is 2.73. The average molecular weight is 403 g/mol. The fraction of sp³-hybridized carbons (Fsp3) is 0.125. The third-order valence-corrected chi connectivity index (χ3v) is 5.60. The van der Waals surface area contributed by atoms with E-state index in [0.717, 1.165) is 38.3 Å². The molecule has 0 atom stereocenters. The van der Waals surface area contributed by atoms with Crippen molar-refractivity contribution >= 4 is 50.3 Å². The molecule has 0 bridgehead atoms. The van der Waals surface area contributed by atoms with Crippen LogP contribution in [-0.4, -0.2) is 22.1 Å². The van der Waals surface area contributed by atoms with Crippen LogP contribution in [0.15, 0.2) is 66.7 Å². The Bertz CT molecular complexity index is 1370. The molecule has 5 heteroatoms. The van der Waals surface area contributed by atoms with Gasteiger partial charge in [0.1, 0.15) is 5.69 Å². The molecule has 0 aliphatic heterocycles. The number of carbonyl (C=O) groups is 1. The number of aromatic nitrogens is 2. The first-order valence-electron chi connectivity index (χ1n) is 9.60. The number of hydrogen-bond acceptors (Lipinski definition) is 2. The van der Waals surface area contributed by atoms with Crippen LogP contribution in [0.25, 0.3) is 32.7 Å². The van der Waals surface area contributed by atoms with E-state index in [1.165, 1.54) is 0 Å². The Morgan fingerprint density at radius 2 is 1.79 bits per heavy atom. The smallest absolute Gasteiger partial charge is 0.354 e. The SMILES string of the molecule is CCOC(=O)c1cc2ccc3c4cccc(Cl)c4[nH]c3c2n1Cc1ccccc1. The predicted molar refractivity (Wildman–Crippen MR) is 118 cm³/mol. The van der Waals surface area contributed by atoms with Gasteiger partial charge in [0, 0.05) is 22.7 Å². The highest BCUT2D eigenvalue weighted by molar-refractivity contribution is 6.36. The lowest BCUT2D eigenvalue weighted by atomic mass is 10.1. The van der Waals surface area contributed by atoms with Crippen LogP contribution in [-0.2, 0) is 11.3 Å². The van der Waals surface area contributed by atoms with E-state index >= 15 is 0 Å². The maximum atomic E-state index is 12.7. The largest absolute Gasteiger partial charge is 0.461 e. The Kier molecular flexibility index (Phi) is 4.29. The maximum Gasteiger partial charge on any atom is 0.354 e. The van der Waals surface area contributed by atoms with Gasteiger partial charge >= 0.3 is 5.97 Å². The number of halogens is 1. The molecular formula is C24H19ClN2O2. The van der Waals surface area contributed by atoms with Crippen LogP contribution in [0.2, 0.25) is 5.02 Å². The number of esters is 1. The van der Waals surface area contributed by atoms with Crippen molar-refractivity contribution in [2.45, 2.75) is 13.5 Å². The Morgan fingerprint density at radius 1 is 1.00 bits per heavy atom. The number of nitrogens with one attached hydrogen (secondary N) is 1. The number of hydrogen-bond donors (Lipinski definition) is 1. The number of fused-ring (bicyclic) bond motifs is 5. The van der Waals surface area contributed by atoms with E-state index in [1.54, 1.807) is 0 Å². The second-order valence-corrected chi connectivity index (χ2v) is 7.44. The molecule has 5 rings (SSSR count). The zero-order valence-electron chi connectivity index (χ0n) is 15.9. The maximum absolute atomic E-state index is 12.7. The quantitative estimate of drug-likeness (QED) is 0.366. The minimum absolute atomic E-state index is 0.318. The van der Waals surface area contributed by atoms with Gasteiger partial charge in [0.15, 0.2) is 0 Å². The molecule has 0 radical (unpaired) electrons. The molecule has 2 aromatic heterocycles. The molecule has 0 amide bonds. The molecule has 3 aromatic carbocycles. The Hall–Kier alpha value is -3.24. The highest BCUT2D eigenvalue weighted by Crippen LogP contribution is 2.35. The molecule has 29 heavy (non-hydrogen) atoms. The zero-order chi connectivity index (χ0) is 20.0. The van der Waals surface area contributed by atoms with Crippen molar-refractivity contribution in [2.75, 3.05) is 6.61 Å². The van der Waals surface area contributed by atoms with Crippen molar-refractivity contribution in [3.8, 4) is 0 Å². The van der Waals surface area contributed by atoms with Crippen molar-refractivity contribution in [2.24, 2.45) is 0 Å². The molecule has 0 spiro atoms. The number of benzene rings is 3. The van der Waals surface area contributed by atoms with E-state index in [2.05, 4.69) is 35.3 Å². The molecule has 4 nitrogen and oxygen atoms in total. The Labute approximate surface area is 172 Å². The van der Waals surface area contributed by atoms with Crippen molar-refractivity contribution < 1.29 is 9.53 Å². The topological polar surface area (TPSA) is 47.0 Å². The van der Waals surface area contributed by atoms with Crippen LogP contribution < -0.4 is 0 Å². The van der Waals surface area contributed by atoms with E-state index in [1.807, 2.05) is 47.9 Å². The van der Waals surface area contributed by atoms with Gasteiger partial charge in [-0.25, -0.2) is 4.79 Å². The number of H-pyrrole nitrogens is 1. The lowest BCUT2D eigenvalue weighted by molar-refractivity contribution is 0.0515. The van der Waals surface area contributed by atoms with Crippen LogP contribution in [0, 0.1) is 0 Å². The molecule has 2 heterocycles. The van der Waals surface area contributed by atoms with Gasteiger partial charge in [-0.05, 0) is 24.6 Å². The summed E-state index contributed by atoms with van der Waals surface area (Å²) in [6, 6.07) is 22.0. The summed E-state index contributed by atoms with van der Waals surface area (Å²) in [4.78, 5) is 16.2. The average Bonchev–Trinajstić information content (AvgIpc) is 3.28. The molecule has 5 aromatic rings. The number of aromatic amines is 1. The molecule has 144 valence electrons. The molecular weight excluding hydrogens is 384 g/mol.